The second-order valence-corrected chi connectivity index (χ2v) is 2.99. The lowest BCUT2D eigenvalue weighted by Crippen LogP contribution is -2.23. The van der Waals surface area contributed by atoms with E-state index in [2.05, 4.69) is 16.9 Å². The third-order valence-electron chi connectivity index (χ3n) is 1.58. The van der Waals surface area contributed by atoms with Crippen molar-refractivity contribution in [3.8, 4) is 0 Å². The highest BCUT2D eigenvalue weighted by atomic mass is 16.1. The van der Waals surface area contributed by atoms with Crippen molar-refractivity contribution in [2.75, 3.05) is 0 Å². The quantitative estimate of drug-likeness (QED) is 0.691. The number of hydrogen-bond acceptors (Lipinski definition) is 2. The van der Waals surface area contributed by atoms with Gasteiger partial charge >= 0.3 is 0 Å². The maximum Gasteiger partial charge on any atom is 0.246 e. The van der Waals surface area contributed by atoms with Gasteiger partial charge in [-0.25, -0.2) is 4.98 Å². The van der Waals surface area contributed by atoms with Crippen molar-refractivity contribution < 1.29 is 4.79 Å². The van der Waals surface area contributed by atoms with E-state index in [4.69, 9.17) is 0 Å². The normalized spacial score (nSPS) is 9.69. The molecule has 0 fully saturated rings. The Bertz CT molecular complexity index is 327. The Hall–Kier alpha value is -1.58. The van der Waals surface area contributed by atoms with Crippen molar-refractivity contribution in [2.24, 2.45) is 7.05 Å². The molecule has 1 N–H and O–H groups in total. The van der Waals surface area contributed by atoms with E-state index in [1.54, 1.807) is 13.3 Å². The largest absolute Gasteiger partial charge is 0.347 e. The molecular formula is C9H13N3O. The van der Waals surface area contributed by atoms with Gasteiger partial charge in [0.25, 0.3) is 0 Å². The van der Waals surface area contributed by atoms with Gasteiger partial charge in [0.05, 0.1) is 18.6 Å². The molecule has 1 amide bonds. The summed E-state index contributed by atoms with van der Waals surface area (Å²) in [5.41, 5.74) is 1.35. The van der Waals surface area contributed by atoms with Crippen molar-refractivity contribution in [3.05, 3.63) is 30.4 Å². The summed E-state index contributed by atoms with van der Waals surface area (Å²) >= 11 is 0. The fourth-order valence-electron chi connectivity index (χ4n) is 0.880. The summed E-state index contributed by atoms with van der Waals surface area (Å²) in [6.07, 6.45) is 3.56. The van der Waals surface area contributed by atoms with Gasteiger partial charge in [-0.3, -0.25) is 4.79 Å². The first-order chi connectivity index (χ1) is 6.09. The highest BCUT2D eigenvalue weighted by molar-refractivity contribution is 5.91. The zero-order valence-electron chi connectivity index (χ0n) is 7.87. The lowest BCUT2D eigenvalue weighted by Gasteiger charge is -2.00. The van der Waals surface area contributed by atoms with Crippen molar-refractivity contribution >= 4 is 5.91 Å². The molecule has 1 aromatic heterocycles. The monoisotopic (exact) mass is 179 g/mol. The Kier molecular flexibility index (Phi) is 2.84. The Balaban J connectivity index is 2.44. The van der Waals surface area contributed by atoms with Crippen LogP contribution in [0.2, 0.25) is 0 Å². The Morgan fingerprint density at radius 2 is 2.46 bits per heavy atom. The minimum atomic E-state index is -0.134. The van der Waals surface area contributed by atoms with Gasteiger partial charge in [-0.05, 0) is 6.92 Å². The molecule has 0 aliphatic heterocycles. The predicted octanol–water partition coefficient (Wildman–Crippen LogP) is 0.612. The molecule has 0 radical (unpaired) electrons. The molecule has 0 aliphatic carbocycles. The van der Waals surface area contributed by atoms with Crippen LogP contribution in [0, 0.1) is 0 Å². The van der Waals surface area contributed by atoms with Crippen LogP contribution in [-0.4, -0.2) is 15.5 Å². The first kappa shape index (κ1) is 9.51. The number of imidazole rings is 1. The van der Waals surface area contributed by atoms with Crippen LogP contribution in [-0.2, 0) is 18.4 Å². The average Bonchev–Trinajstić information content (AvgIpc) is 2.47. The van der Waals surface area contributed by atoms with Crippen LogP contribution in [0.4, 0.5) is 0 Å². The smallest absolute Gasteiger partial charge is 0.246 e. The van der Waals surface area contributed by atoms with Crippen molar-refractivity contribution in [1.29, 1.82) is 0 Å². The Morgan fingerprint density at radius 3 is 2.92 bits per heavy atom. The van der Waals surface area contributed by atoms with Crippen molar-refractivity contribution in [1.82, 2.24) is 14.9 Å². The van der Waals surface area contributed by atoms with Crippen molar-refractivity contribution in [3.63, 3.8) is 0 Å². The van der Waals surface area contributed by atoms with Gasteiger partial charge in [0.2, 0.25) is 5.91 Å². The maximum absolute atomic E-state index is 11.1. The third-order valence-corrected chi connectivity index (χ3v) is 1.58. The number of nitrogens with one attached hydrogen (secondary N) is 1. The fourth-order valence-corrected chi connectivity index (χ4v) is 0.880. The SMILES string of the molecule is C=C(C)C(=O)NCc1cn(C)cn1. The predicted molar refractivity (Wildman–Crippen MR) is 49.9 cm³/mol. The lowest BCUT2D eigenvalue weighted by molar-refractivity contribution is -0.117. The minimum absolute atomic E-state index is 0.134. The molecule has 4 nitrogen and oxygen atoms in total. The van der Waals surface area contributed by atoms with Gasteiger partial charge in [-0.2, -0.15) is 0 Å². The van der Waals surface area contributed by atoms with Crippen LogP contribution < -0.4 is 5.32 Å². The summed E-state index contributed by atoms with van der Waals surface area (Å²) < 4.78 is 1.84. The van der Waals surface area contributed by atoms with Crippen LogP contribution in [0.1, 0.15) is 12.6 Å². The summed E-state index contributed by atoms with van der Waals surface area (Å²) in [5.74, 6) is -0.134. The average molecular weight is 179 g/mol. The lowest BCUT2D eigenvalue weighted by atomic mass is 10.3. The van der Waals surface area contributed by atoms with Crippen LogP contribution in [0.15, 0.2) is 24.7 Å². The first-order valence-electron chi connectivity index (χ1n) is 4.00. The van der Waals surface area contributed by atoms with Gasteiger partial charge in [-0.15, -0.1) is 0 Å². The molecule has 1 aromatic rings. The second kappa shape index (κ2) is 3.89. The standard InChI is InChI=1S/C9H13N3O/c1-7(2)9(13)10-4-8-5-12(3)6-11-8/h5-6H,1,4H2,2-3H3,(H,10,13). The maximum atomic E-state index is 11.1. The first-order valence-corrected chi connectivity index (χ1v) is 4.00. The van der Waals surface area contributed by atoms with Gasteiger partial charge in [0.1, 0.15) is 0 Å². The molecule has 0 bridgehead atoms. The molecule has 70 valence electrons. The minimum Gasteiger partial charge on any atom is -0.347 e. The molecule has 0 aromatic carbocycles. The summed E-state index contributed by atoms with van der Waals surface area (Å²) in [4.78, 5) is 15.1. The number of amides is 1. The molecule has 0 saturated carbocycles. The molecule has 0 atom stereocenters. The molecular weight excluding hydrogens is 166 g/mol. The molecule has 0 spiro atoms. The van der Waals surface area contributed by atoms with Crippen LogP contribution in [0.3, 0.4) is 0 Å². The van der Waals surface area contributed by atoms with E-state index in [1.165, 1.54) is 0 Å². The zero-order valence-corrected chi connectivity index (χ0v) is 7.87. The Morgan fingerprint density at radius 1 is 1.77 bits per heavy atom. The van der Waals surface area contributed by atoms with Crippen LogP contribution >= 0.6 is 0 Å². The number of aromatic nitrogens is 2. The van der Waals surface area contributed by atoms with Crippen molar-refractivity contribution in [2.45, 2.75) is 13.5 Å². The second-order valence-electron chi connectivity index (χ2n) is 2.99. The summed E-state index contributed by atoms with van der Waals surface area (Å²) in [7, 11) is 1.89. The molecule has 1 heterocycles. The number of carbonyl (C=O) groups is 1. The molecule has 0 aliphatic rings. The van der Waals surface area contributed by atoms with Crippen LogP contribution in [0.25, 0.3) is 0 Å². The van der Waals surface area contributed by atoms with E-state index in [9.17, 15) is 4.79 Å². The zero-order chi connectivity index (χ0) is 9.84. The molecule has 4 heteroatoms. The van der Waals surface area contributed by atoms with Gasteiger partial charge in [0, 0.05) is 18.8 Å². The summed E-state index contributed by atoms with van der Waals surface area (Å²) in [6.45, 7) is 5.66. The van der Waals surface area contributed by atoms with Crippen LogP contribution in [0.5, 0.6) is 0 Å². The van der Waals surface area contributed by atoms with E-state index >= 15 is 0 Å². The number of carbonyl (C=O) groups excluding carboxylic acids is 1. The van der Waals surface area contributed by atoms with Gasteiger partial charge in [-0.1, -0.05) is 6.58 Å². The summed E-state index contributed by atoms with van der Waals surface area (Å²) in [5, 5.41) is 2.70. The van der Waals surface area contributed by atoms with E-state index in [0.29, 0.717) is 12.1 Å². The number of aryl methyl sites for hydroxylation is 1. The van der Waals surface area contributed by atoms with E-state index in [1.807, 2.05) is 17.8 Å². The highest BCUT2D eigenvalue weighted by Gasteiger charge is 2.01. The third kappa shape index (κ3) is 2.74. The van der Waals surface area contributed by atoms with E-state index in [0.717, 1.165) is 5.69 Å². The molecule has 13 heavy (non-hydrogen) atoms. The Labute approximate surface area is 77.3 Å². The molecule has 1 rings (SSSR count). The molecule has 0 saturated heterocycles. The van der Waals surface area contributed by atoms with E-state index < -0.39 is 0 Å². The number of nitrogens with zero attached hydrogens (tertiary/aromatic N) is 2. The highest BCUT2D eigenvalue weighted by Crippen LogP contribution is 1.94. The topological polar surface area (TPSA) is 46.9 Å². The number of hydrogen-bond donors (Lipinski definition) is 1. The number of rotatable bonds is 3. The fraction of sp³-hybridized carbons (Fsp3) is 0.333. The van der Waals surface area contributed by atoms with Gasteiger partial charge < -0.3 is 9.88 Å². The van der Waals surface area contributed by atoms with Gasteiger partial charge in [0.15, 0.2) is 0 Å². The summed E-state index contributed by atoms with van der Waals surface area (Å²) in [6, 6.07) is 0. The molecule has 0 unspecified atom stereocenters. The van der Waals surface area contributed by atoms with E-state index in [-0.39, 0.29) is 5.91 Å².